The zero-order valence-electron chi connectivity index (χ0n) is 12.6. The summed E-state index contributed by atoms with van der Waals surface area (Å²) in [6, 6.07) is 15.9. The molecule has 0 amide bonds. The van der Waals surface area contributed by atoms with Crippen molar-refractivity contribution in [3.05, 3.63) is 59.1 Å². The fourth-order valence-corrected chi connectivity index (χ4v) is 2.69. The van der Waals surface area contributed by atoms with E-state index in [0.717, 1.165) is 12.1 Å². The van der Waals surface area contributed by atoms with Crippen LogP contribution in [0.2, 0.25) is 5.02 Å². The SMILES string of the molecule is CCC(NC(=S)Nc1ccc(OC)c(Cl)c1)c1ccccc1. The number of ether oxygens (including phenoxy) is 1. The van der Waals surface area contributed by atoms with Gasteiger partial charge in [0.05, 0.1) is 18.2 Å². The average molecular weight is 335 g/mol. The number of benzene rings is 2. The van der Waals surface area contributed by atoms with Crippen LogP contribution in [0.4, 0.5) is 5.69 Å². The Morgan fingerprint density at radius 1 is 1.23 bits per heavy atom. The first kappa shape index (κ1) is 16.6. The van der Waals surface area contributed by atoms with Gasteiger partial charge in [0, 0.05) is 5.69 Å². The van der Waals surface area contributed by atoms with Gasteiger partial charge in [0.1, 0.15) is 5.75 Å². The topological polar surface area (TPSA) is 33.3 Å². The third-order valence-electron chi connectivity index (χ3n) is 3.33. The minimum atomic E-state index is 0.176. The third kappa shape index (κ3) is 4.36. The summed E-state index contributed by atoms with van der Waals surface area (Å²) in [5, 5.41) is 7.59. The summed E-state index contributed by atoms with van der Waals surface area (Å²) in [5.41, 5.74) is 2.04. The Bertz CT molecular complexity index is 634. The lowest BCUT2D eigenvalue weighted by molar-refractivity contribution is 0.415. The smallest absolute Gasteiger partial charge is 0.171 e. The van der Waals surface area contributed by atoms with E-state index in [1.807, 2.05) is 30.3 Å². The van der Waals surface area contributed by atoms with Crippen LogP contribution < -0.4 is 15.4 Å². The van der Waals surface area contributed by atoms with Crippen LogP contribution >= 0.6 is 23.8 Å². The van der Waals surface area contributed by atoms with E-state index in [9.17, 15) is 0 Å². The molecule has 0 aromatic heterocycles. The first-order valence-electron chi connectivity index (χ1n) is 7.10. The van der Waals surface area contributed by atoms with E-state index in [2.05, 4.69) is 29.7 Å². The van der Waals surface area contributed by atoms with Crippen molar-refractivity contribution in [2.24, 2.45) is 0 Å². The molecule has 0 saturated carbocycles. The minimum absolute atomic E-state index is 0.176. The van der Waals surface area contributed by atoms with E-state index in [4.69, 9.17) is 28.6 Å². The molecular weight excluding hydrogens is 316 g/mol. The molecule has 0 aliphatic carbocycles. The van der Waals surface area contributed by atoms with Crippen LogP contribution in [-0.2, 0) is 0 Å². The summed E-state index contributed by atoms with van der Waals surface area (Å²) >= 11 is 11.5. The van der Waals surface area contributed by atoms with E-state index in [0.29, 0.717) is 15.9 Å². The van der Waals surface area contributed by atoms with Crippen molar-refractivity contribution in [1.82, 2.24) is 5.32 Å². The summed E-state index contributed by atoms with van der Waals surface area (Å²) in [5.74, 6) is 0.641. The van der Waals surface area contributed by atoms with Crippen molar-refractivity contribution in [3.63, 3.8) is 0 Å². The van der Waals surface area contributed by atoms with Crippen LogP contribution in [0, 0.1) is 0 Å². The molecule has 1 unspecified atom stereocenters. The molecule has 3 nitrogen and oxygen atoms in total. The quantitative estimate of drug-likeness (QED) is 0.770. The maximum atomic E-state index is 6.11. The van der Waals surface area contributed by atoms with E-state index in [1.165, 1.54) is 5.56 Å². The molecule has 0 aliphatic heterocycles. The molecule has 116 valence electrons. The lowest BCUT2D eigenvalue weighted by Gasteiger charge is -2.20. The number of anilines is 1. The summed E-state index contributed by atoms with van der Waals surface area (Å²) in [6.45, 7) is 2.12. The van der Waals surface area contributed by atoms with Crippen LogP contribution in [0.15, 0.2) is 48.5 Å². The summed E-state index contributed by atoms with van der Waals surface area (Å²) in [4.78, 5) is 0. The van der Waals surface area contributed by atoms with Gasteiger partial charge in [-0.15, -0.1) is 0 Å². The molecule has 5 heteroatoms. The van der Waals surface area contributed by atoms with Crippen molar-refractivity contribution in [1.29, 1.82) is 0 Å². The molecule has 0 heterocycles. The zero-order valence-corrected chi connectivity index (χ0v) is 14.2. The van der Waals surface area contributed by atoms with Crippen LogP contribution in [0.25, 0.3) is 0 Å². The maximum absolute atomic E-state index is 6.11. The van der Waals surface area contributed by atoms with Crippen molar-refractivity contribution in [2.45, 2.75) is 19.4 Å². The predicted molar refractivity (Wildman–Crippen MR) is 96.8 cm³/mol. The Morgan fingerprint density at radius 3 is 2.55 bits per heavy atom. The molecule has 1 atom stereocenters. The van der Waals surface area contributed by atoms with Gasteiger partial charge in [0.2, 0.25) is 0 Å². The summed E-state index contributed by atoms with van der Waals surface area (Å²) in [6.07, 6.45) is 0.940. The zero-order chi connectivity index (χ0) is 15.9. The van der Waals surface area contributed by atoms with Gasteiger partial charge in [-0.3, -0.25) is 0 Å². The Hall–Kier alpha value is -1.78. The largest absolute Gasteiger partial charge is 0.495 e. The highest BCUT2D eigenvalue weighted by Gasteiger charge is 2.10. The molecule has 0 saturated heterocycles. The number of thiocarbonyl (C=S) groups is 1. The molecule has 2 aromatic carbocycles. The van der Waals surface area contributed by atoms with Crippen LogP contribution in [-0.4, -0.2) is 12.2 Å². The van der Waals surface area contributed by atoms with Crippen molar-refractivity contribution in [2.75, 3.05) is 12.4 Å². The van der Waals surface area contributed by atoms with Gasteiger partial charge in [-0.1, -0.05) is 48.9 Å². The first-order chi connectivity index (χ1) is 10.6. The van der Waals surface area contributed by atoms with Crippen molar-refractivity contribution < 1.29 is 4.74 Å². The highest BCUT2D eigenvalue weighted by Crippen LogP contribution is 2.27. The standard InChI is InChI=1S/C17H19ClN2OS/c1-3-15(12-7-5-4-6-8-12)20-17(22)19-13-9-10-16(21-2)14(18)11-13/h4-11,15H,3H2,1-2H3,(H2,19,20,22). The van der Waals surface area contributed by atoms with Gasteiger partial charge in [-0.2, -0.15) is 0 Å². The number of hydrogen-bond donors (Lipinski definition) is 2. The van der Waals surface area contributed by atoms with E-state index < -0.39 is 0 Å². The van der Waals surface area contributed by atoms with Gasteiger partial charge in [-0.25, -0.2) is 0 Å². The molecule has 2 rings (SSSR count). The van der Waals surface area contributed by atoms with Gasteiger partial charge in [-0.05, 0) is 42.4 Å². The predicted octanol–water partition coefficient (Wildman–Crippen LogP) is 4.79. The van der Waals surface area contributed by atoms with E-state index >= 15 is 0 Å². The number of nitrogens with one attached hydrogen (secondary N) is 2. The first-order valence-corrected chi connectivity index (χ1v) is 7.88. The van der Waals surface area contributed by atoms with Gasteiger partial charge in [0.25, 0.3) is 0 Å². The van der Waals surface area contributed by atoms with Crippen LogP contribution in [0.3, 0.4) is 0 Å². The van der Waals surface area contributed by atoms with Gasteiger partial charge >= 0.3 is 0 Å². The van der Waals surface area contributed by atoms with Gasteiger partial charge < -0.3 is 15.4 Å². The molecule has 0 fully saturated rings. The highest BCUT2D eigenvalue weighted by atomic mass is 35.5. The molecule has 0 spiro atoms. The van der Waals surface area contributed by atoms with E-state index in [-0.39, 0.29) is 6.04 Å². The monoisotopic (exact) mass is 334 g/mol. The fourth-order valence-electron chi connectivity index (χ4n) is 2.18. The minimum Gasteiger partial charge on any atom is -0.495 e. The Morgan fingerprint density at radius 2 is 1.95 bits per heavy atom. The third-order valence-corrected chi connectivity index (χ3v) is 3.84. The molecule has 2 aromatic rings. The maximum Gasteiger partial charge on any atom is 0.171 e. The second kappa shape index (κ2) is 8.01. The second-order valence-corrected chi connectivity index (χ2v) is 5.63. The number of methoxy groups -OCH3 is 1. The molecule has 0 radical (unpaired) electrons. The molecule has 2 N–H and O–H groups in total. The molecular formula is C17H19ClN2OS. The number of hydrogen-bond acceptors (Lipinski definition) is 2. The highest BCUT2D eigenvalue weighted by molar-refractivity contribution is 7.80. The Kier molecular flexibility index (Phi) is 6.04. The second-order valence-electron chi connectivity index (χ2n) is 4.82. The van der Waals surface area contributed by atoms with Crippen molar-refractivity contribution >= 4 is 34.6 Å². The summed E-state index contributed by atoms with van der Waals surface area (Å²) in [7, 11) is 1.59. The normalized spacial score (nSPS) is 11.6. The van der Waals surface area contributed by atoms with Gasteiger partial charge in [0.15, 0.2) is 5.11 Å². The lowest BCUT2D eigenvalue weighted by Crippen LogP contribution is -2.32. The van der Waals surface area contributed by atoms with Crippen LogP contribution in [0.1, 0.15) is 24.9 Å². The molecule has 22 heavy (non-hydrogen) atoms. The lowest BCUT2D eigenvalue weighted by atomic mass is 10.1. The number of rotatable bonds is 5. The Labute approximate surface area is 141 Å². The fraction of sp³-hybridized carbons (Fsp3) is 0.235. The average Bonchev–Trinajstić information content (AvgIpc) is 2.53. The molecule has 0 bridgehead atoms. The van der Waals surface area contributed by atoms with E-state index in [1.54, 1.807) is 13.2 Å². The van der Waals surface area contributed by atoms with Crippen LogP contribution in [0.5, 0.6) is 5.75 Å². The van der Waals surface area contributed by atoms with Crippen molar-refractivity contribution in [3.8, 4) is 5.75 Å². The summed E-state index contributed by atoms with van der Waals surface area (Å²) < 4.78 is 5.14. The Balaban J connectivity index is 2.01. The molecule has 0 aliphatic rings. The number of halogens is 1.